The zero-order valence-electron chi connectivity index (χ0n) is 15.5. The molecule has 0 spiro atoms. The van der Waals surface area contributed by atoms with Gasteiger partial charge in [0, 0.05) is 38.8 Å². The molecule has 1 atom stereocenters. The highest BCUT2D eigenvalue weighted by molar-refractivity contribution is 4.78. The molecule has 0 fully saturated rings. The number of rotatable bonds is 16. The number of nitrogens with two attached hydrogens (primary N) is 1. The first-order chi connectivity index (χ1) is 10.6. The predicted octanol–water partition coefficient (Wildman–Crippen LogP) is 3.69. The summed E-state index contributed by atoms with van der Waals surface area (Å²) >= 11 is 0. The lowest BCUT2D eigenvalue weighted by molar-refractivity contribution is -0.252. The van der Waals surface area contributed by atoms with Gasteiger partial charge < -0.3 is 20.5 Å². The molecule has 0 radical (unpaired) electrons. The van der Waals surface area contributed by atoms with Crippen LogP contribution in [0.25, 0.3) is 0 Å². The van der Waals surface area contributed by atoms with Crippen LogP contribution in [-0.2, 0) is 9.47 Å². The summed E-state index contributed by atoms with van der Waals surface area (Å²) < 4.78 is 11.9. The molecule has 0 amide bonds. The van der Waals surface area contributed by atoms with Crippen molar-refractivity contribution in [3.63, 3.8) is 0 Å². The van der Waals surface area contributed by atoms with Gasteiger partial charge in [-0.2, -0.15) is 0 Å². The Morgan fingerprint density at radius 1 is 0.955 bits per heavy atom. The Kier molecular flexibility index (Phi) is 14.3. The van der Waals surface area contributed by atoms with Crippen LogP contribution in [0.5, 0.6) is 0 Å². The van der Waals surface area contributed by atoms with Crippen LogP contribution >= 0.6 is 0 Å². The van der Waals surface area contributed by atoms with E-state index in [-0.39, 0.29) is 0 Å². The van der Waals surface area contributed by atoms with Crippen molar-refractivity contribution in [1.29, 1.82) is 0 Å². The fourth-order valence-electron chi connectivity index (χ4n) is 2.95. The van der Waals surface area contributed by atoms with E-state index in [1.807, 2.05) is 13.8 Å². The van der Waals surface area contributed by atoms with Crippen LogP contribution in [0.15, 0.2) is 0 Å². The predicted molar refractivity (Wildman–Crippen MR) is 95.1 cm³/mol. The first kappa shape index (κ1) is 21.8. The van der Waals surface area contributed by atoms with Gasteiger partial charge in [0.2, 0.25) is 0 Å². The van der Waals surface area contributed by atoms with Crippen molar-refractivity contribution >= 4 is 0 Å². The van der Waals surface area contributed by atoms with Crippen molar-refractivity contribution in [3.05, 3.63) is 0 Å². The molecule has 0 aliphatic carbocycles. The minimum atomic E-state index is -0.492. The van der Waals surface area contributed by atoms with Gasteiger partial charge >= 0.3 is 0 Å². The molecule has 0 heterocycles. The van der Waals surface area contributed by atoms with Crippen LogP contribution in [0, 0.1) is 5.92 Å². The topological polar surface area (TPSA) is 56.5 Å². The van der Waals surface area contributed by atoms with Gasteiger partial charge in [0.1, 0.15) is 0 Å². The molecule has 0 saturated heterocycles. The third-order valence-corrected chi connectivity index (χ3v) is 4.22. The molecule has 134 valence electrons. The Labute approximate surface area is 138 Å². The lowest BCUT2D eigenvalue weighted by atomic mass is 9.92. The van der Waals surface area contributed by atoms with Crippen molar-refractivity contribution in [1.82, 2.24) is 5.32 Å². The van der Waals surface area contributed by atoms with Crippen LogP contribution in [0.3, 0.4) is 0 Å². The highest BCUT2D eigenvalue weighted by Gasteiger charge is 2.34. The fourth-order valence-corrected chi connectivity index (χ4v) is 2.95. The van der Waals surface area contributed by atoms with Gasteiger partial charge in [0.05, 0.1) is 0 Å². The van der Waals surface area contributed by atoms with E-state index >= 15 is 0 Å². The Morgan fingerprint density at radius 3 is 2.09 bits per heavy atom. The van der Waals surface area contributed by atoms with Gasteiger partial charge in [-0.05, 0) is 27.2 Å². The number of ether oxygens (including phenoxy) is 2. The Morgan fingerprint density at radius 2 is 1.55 bits per heavy atom. The maximum atomic E-state index is 5.96. The zero-order chi connectivity index (χ0) is 16.7. The summed E-state index contributed by atoms with van der Waals surface area (Å²) in [4.78, 5) is 0. The monoisotopic (exact) mass is 316 g/mol. The molecule has 4 nitrogen and oxygen atoms in total. The summed E-state index contributed by atoms with van der Waals surface area (Å²) in [5.74, 6) is -0.126. The standard InChI is InChI=1S/C18H40N2O2/c1-5-8-9-10-11-12-13-17(16-20-15-14-19)18(4,21-6-2)22-7-3/h17,20H,5-16,19H2,1-4H3. The molecule has 3 N–H and O–H groups in total. The Bertz CT molecular complexity index is 231. The van der Waals surface area contributed by atoms with Crippen molar-refractivity contribution < 1.29 is 9.47 Å². The number of unbranched alkanes of at least 4 members (excludes halogenated alkanes) is 5. The van der Waals surface area contributed by atoms with Crippen molar-refractivity contribution in [2.24, 2.45) is 11.7 Å². The molecule has 0 aromatic heterocycles. The van der Waals surface area contributed by atoms with Crippen molar-refractivity contribution in [3.8, 4) is 0 Å². The van der Waals surface area contributed by atoms with E-state index in [0.29, 0.717) is 25.7 Å². The second kappa shape index (κ2) is 14.4. The second-order valence-electron chi connectivity index (χ2n) is 6.13. The van der Waals surface area contributed by atoms with Crippen LogP contribution in [0.1, 0.15) is 72.6 Å². The van der Waals surface area contributed by atoms with Crippen LogP contribution in [-0.4, -0.2) is 38.6 Å². The summed E-state index contributed by atoms with van der Waals surface area (Å²) in [6, 6.07) is 0. The minimum absolute atomic E-state index is 0.366. The van der Waals surface area contributed by atoms with Gasteiger partial charge in [-0.3, -0.25) is 0 Å². The molecule has 0 rings (SSSR count). The second-order valence-corrected chi connectivity index (χ2v) is 6.13. The highest BCUT2D eigenvalue weighted by atomic mass is 16.7. The van der Waals surface area contributed by atoms with E-state index in [9.17, 15) is 0 Å². The average Bonchev–Trinajstić information content (AvgIpc) is 2.49. The van der Waals surface area contributed by atoms with Gasteiger partial charge in [-0.15, -0.1) is 0 Å². The first-order valence-electron chi connectivity index (χ1n) is 9.33. The van der Waals surface area contributed by atoms with Gasteiger partial charge in [-0.25, -0.2) is 0 Å². The molecular formula is C18H40N2O2. The normalized spacial score (nSPS) is 13.5. The smallest absolute Gasteiger partial charge is 0.169 e. The largest absolute Gasteiger partial charge is 0.350 e. The molecule has 1 unspecified atom stereocenters. The number of hydrogen-bond acceptors (Lipinski definition) is 4. The SMILES string of the molecule is CCCCCCCCC(CNCCN)C(C)(OCC)OCC. The summed E-state index contributed by atoms with van der Waals surface area (Å²) in [6.45, 7) is 12.2. The van der Waals surface area contributed by atoms with E-state index in [1.54, 1.807) is 0 Å². The number of hydrogen-bond donors (Lipinski definition) is 2. The Hall–Kier alpha value is -0.160. The molecule has 0 aliphatic heterocycles. The Balaban J connectivity index is 4.37. The van der Waals surface area contributed by atoms with Gasteiger partial charge in [0.25, 0.3) is 0 Å². The lowest BCUT2D eigenvalue weighted by Crippen LogP contribution is -2.46. The third-order valence-electron chi connectivity index (χ3n) is 4.22. The van der Waals surface area contributed by atoms with Gasteiger partial charge in [-0.1, -0.05) is 45.4 Å². The summed E-state index contributed by atoms with van der Waals surface area (Å²) in [6.07, 6.45) is 9.06. The maximum absolute atomic E-state index is 5.96. The number of nitrogens with one attached hydrogen (secondary N) is 1. The van der Waals surface area contributed by atoms with Crippen LogP contribution in [0.4, 0.5) is 0 Å². The maximum Gasteiger partial charge on any atom is 0.169 e. The van der Waals surface area contributed by atoms with Crippen LogP contribution in [0.2, 0.25) is 0 Å². The van der Waals surface area contributed by atoms with E-state index in [2.05, 4.69) is 19.2 Å². The first-order valence-corrected chi connectivity index (χ1v) is 9.33. The molecule has 22 heavy (non-hydrogen) atoms. The molecule has 0 saturated carbocycles. The fraction of sp³-hybridized carbons (Fsp3) is 1.00. The minimum Gasteiger partial charge on any atom is -0.350 e. The lowest BCUT2D eigenvalue weighted by Gasteiger charge is -2.37. The van der Waals surface area contributed by atoms with E-state index in [0.717, 1.165) is 19.5 Å². The summed E-state index contributed by atoms with van der Waals surface area (Å²) in [7, 11) is 0. The van der Waals surface area contributed by atoms with E-state index in [1.165, 1.54) is 38.5 Å². The van der Waals surface area contributed by atoms with Crippen molar-refractivity contribution in [2.45, 2.75) is 78.4 Å². The zero-order valence-corrected chi connectivity index (χ0v) is 15.5. The highest BCUT2D eigenvalue weighted by Crippen LogP contribution is 2.28. The molecular weight excluding hydrogens is 276 g/mol. The molecule has 0 bridgehead atoms. The average molecular weight is 317 g/mol. The molecule has 0 aromatic rings. The van der Waals surface area contributed by atoms with Crippen LogP contribution < -0.4 is 11.1 Å². The van der Waals surface area contributed by atoms with Gasteiger partial charge in [0.15, 0.2) is 5.79 Å². The summed E-state index contributed by atoms with van der Waals surface area (Å²) in [5, 5.41) is 3.43. The van der Waals surface area contributed by atoms with E-state index < -0.39 is 5.79 Å². The molecule has 0 aromatic carbocycles. The van der Waals surface area contributed by atoms with E-state index in [4.69, 9.17) is 15.2 Å². The summed E-state index contributed by atoms with van der Waals surface area (Å²) in [5.41, 5.74) is 5.58. The quantitative estimate of drug-likeness (QED) is 0.337. The third kappa shape index (κ3) is 9.78. The van der Waals surface area contributed by atoms with Crippen molar-refractivity contribution in [2.75, 3.05) is 32.8 Å². The molecule has 0 aliphatic rings. The molecule has 4 heteroatoms.